The summed E-state index contributed by atoms with van der Waals surface area (Å²) in [6.45, 7) is 1.45. The monoisotopic (exact) mass is 552 g/mol. The summed E-state index contributed by atoms with van der Waals surface area (Å²) >= 11 is 5.24. The molecule has 1 saturated heterocycles. The zero-order valence-corrected chi connectivity index (χ0v) is 22.3. The standard InChI is InChI=1S/C27H28N4O5S2/c1-35-24-11-9-22(10-12-24)28-21-5-7-23(8-6-21)29-27(37)30-26(32)15-4-20-2-13-25(14-3-20)38(33,34)31-16-18-36-19-17-31/h2-15,28H,16-19H2,1H3,(H2,29,30,32,37). The molecule has 1 aliphatic heterocycles. The molecule has 0 aromatic heterocycles. The lowest BCUT2D eigenvalue weighted by Gasteiger charge is -2.26. The third-order valence-electron chi connectivity index (χ3n) is 5.67. The van der Waals surface area contributed by atoms with Crippen molar-refractivity contribution >= 4 is 56.4 Å². The number of carbonyl (C=O) groups excluding carboxylic acids is 1. The van der Waals surface area contributed by atoms with Crippen LogP contribution in [-0.4, -0.2) is 57.2 Å². The summed E-state index contributed by atoms with van der Waals surface area (Å²) in [6, 6.07) is 21.4. The van der Waals surface area contributed by atoms with E-state index in [1.165, 1.54) is 22.5 Å². The van der Waals surface area contributed by atoms with Gasteiger partial charge in [-0.2, -0.15) is 4.31 Å². The van der Waals surface area contributed by atoms with Crippen molar-refractivity contribution in [3.63, 3.8) is 0 Å². The third-order valence-corrected chi connectivity index (χ3v) is 7.79. The normalized spacial score (nSPS) is 14.1. The Morgan fingerprint density at radius 1 is 0.921 bits per heavy atom. The van der Waals surface area contributed by atoms with E-state index in [-0.39, 0.29) is 10.0 Å². The van der Waals surface area contributed by atoms with Crippen molar-refractivity contribution in [3.8, 4) is 5.75 Å². The fourth-order valence-corrected chi connectivity index (χ4v) is 5.28. The first-order chi connectivity index (χ1) is 18.3. The van der Waals surface area contributed by atoms with Crippen LogP contribution in [0.4, 0.5) is 17.1 Å². The minimum absolute atomic E-state index is 0.155. The lowest BCUT2D eigenvalue weighted by atomic mass is 10.2. The van der Waals surface area contributed by atoms with Crippen LogP contribution in [0.3, 0.4) is 0 Å². The lowest BCUT2D eigenvalue weighted by molar-refractivity contribution is -0.115. The first kappa shape index (κ1) is 27.3. The lowest BCUT2D eigenvalue weighted by Crippen LogP contribution is -2.40. The van der Waals surface area contributed by atoms with E-state index in [1.807, 2.05) is 48.5 Å². The zero-order chi connectivity index (χ0) is 27.0. The second-order valence-corrected chi connectivity index (χ2v) is 10.6. The highest BCUT2D eigenvalue weighted by Gasteiger charge is 2.25. The average Bonchev–Trinajstić information content (AvgIpc) is 2.94. The van der Waals surface area contributed by atoms with Gasteiger partial charge in [0, 0.05) is 36.2 Å². The topological polar surface area (TPSA) is 109 Å². The summed E-state index contributed by atoms with van der Waals surface area (Å²) < 4.78 is 37.2. The Morgan fingerprint density at radius 2 is 1.50 bits per heavy atom. The van der Waals surface area contributed by atoms with Crippen molar-refractivity contribution in [2.45, 2.75) is 4.90 Å². The molecule has 1 fully saturated rings. The number of hydrogen-bond acceptors (Lipinski definition) is 7. The highest BCUT2D eigenvalue weighted by molar-refractivity contribution is 7.89. The summed E-state index contributed by atoms with van der Waals surface area (Å²) in [7, 11) is -1.94. The van der Waals surface area contributed by atoms with Crippen LogP contribution in [0.5, 0.6) is 5.75 Å². The van der Waals surface area contributed by atoms with Crippen LogP contribution in [0.2, 0.25) is 0 Å². The van der Waals surface area contributed by atoms with Crippen LogP contribution in [0, 0.1) is 0 Å². The number of thiocarbonyl (C=S) groups is 1. The van der Waals surface area contributed by atoms with Crippen molar-refractivity contribution in [1.29, 1.82) is 0 Å². The van der Waals surface area contributed by atoms with E-state index >= 15 is 0 Å². The number of benzene rings is 3. The van der Waals surface area contributed by atoms with Gasteiger partial charge in [-0.3, -0.25) is 10.1 Å². The van der Waals surface area contributed by atoms with Crippen LogP contribution in [0.15, 0.2) is 83.8 Å². The minimum Gasteiger partial charge on any atom is -0.497 e. The van der Waals surface area contributed by atoms with Gasteiger partial charge in [-0.05, 0) is 84.5 Å². The van der Waals surface area contributed by atoms with Gasteiger partial charge >= 0.3 is 0 Å². The highest BCUT2D eigenvalue weighted by Crippen LogP contribution is 2.21. The molecule has 9 nitrogen and oxygen atoms in total. The maximum absolute atomic E-state index is 12.7. The predicted molar refractivity (Wildman–Crippen MR) is 152 cm³/mol. The van der Waals surface area contributed by atoms with Crippen LogP contribution < -0.4 is 20.7 Å². The molecule has 3 aromatic rings. The second kappa shape index (κ2) is 12.7. The molecule has 0 atom stereocenters. The average molecular weight is 553 g/mol. The molecule has 0 spiro atoms. The molecule has 3 aromatic carbocycles. The third kappa shape index (κ3) is 7.39. The van der Waals surface area contributed by atoms with Gasteiger partial charge in [-0.15, -0.1) is 0 Å². The smallest absolute Gasteiger partial charge is 0.250 e. The van der Waals surface area contributed by atoms with Gasteiger partial charge in [0.1, 0.15) is 5.75 Å². The number of nitrogens with zero attached hydrogens (tertiary/aromatic N) is 1. The van der Waals surface area contributed by atoms with Gasteiger partial charge in [0.15, 0.2) is 5.11 Å². The first-order valence-corrected chi connectivity index (χ1v) is 13.7. The van der Waals surface area contributed by atoms with E-state index in [0.29, 0.717) is 31.9 Å². The van der Waals surface area contributed by atoms with Gasteiger partial charge in [0.05, 0.1) is 25.2 Å². The summed E-state index contributed by atoms with van der Waals surface area (Å²) in [4.78, 5) is 12.5. The van der Waals surface area contributed by atoms with Gasteiger partial charge in [0.25, 0.3) is 0 Å². The molecular weight excluding hydrogens is 524 g/mol. The number of nitrogens with one attached hydrogen (secondary N) is 3. The van der Waals surface area contributed by atoms with Crippen LogP contribution in [0.25, 0.3) is 6.08 Å². The minimum atomic E-state index is -3.56. The summed E-state index contributed by atoms with van der Waals surface area (Å²) in [5.74, 6) is 0.374. The van der Waals surface area contributed by atoms with E-state index in [2.05, 4.69) is 16.0 Å². The van der Waals surface area contributed by atoms with E-state index in [4.69, 9.17) is 21.7 Å². The van der Waals surface area contributed by atoms with E-state index < -0.39 is 15.9 Å². The second-order valence-electron chi connectivity index (χ2n) is 8.29. The van der Waals surface area contributed by atoms with E-state index in [9.17, 15) is 13.2 Å². The molecule has 1 aliphatic rings. The van der Waals surface area contributed by atoms with Crippen LogP contribution >= 0.6 is 12.2 Å². The molecule has 0 aliphatic carbocycles. The number of hydrogen-bond donors (Lipinski definition) is 3. The number of amides is 1. The van der Waals surface area contributed by atoms with Crippen molar-refractivity contribution in [2.24, 2.45) is 0 Å². The summed E-state index contributed by atoms with van der Waals surface area (Å²) in [6.07, 6.45) is 2.92. The fraction of sp³-hybridized carbons (Fsp3) is 0.185. The number of sulfonamides is 1. The molecule has 0 unspecified atom stereocenters. The molecule has 38 heavy (non-hydrogen) atoms. The SMILES string of the molecule is COc1ccc(Nc2ccc(NC(=S)NC(=O)C=Cc3ccc(S(=O)(=O)N4CCOCC4)cc3)cc2)cc1. The van der Waals surface area contributed by atoms with Gasteiger partial charge < -0.3 is 20.1 Å². The largest absolute Gasteiger partial charge is 0.497 e. The molecule has 0 saturated carbocycles. The molecule has 0 radical (unpaired) electrons. The molecule has 4 rings (SSSR count). The van der Waals surface area contributed by atoms with E-state index in [0.717, 1.165) is 22.8 Å². The van der Waals surface area contributed by atoms with E-state index in [1.54, 1.807) is 25.3 Å². The fourth-order valence-electron chi connectivity index (χ4n) is 3.65. The van der Waals surface area contributed by atoms with Gasteiger partial charge in [-0.25, -0.2) is 8.42 Å². The Hall–Kier alpha value is -3.77. The molecule has 1 heterocycles. The van der Waals surface area contributed by atoms with Crippen LogP contribution in [-0.2, 0) is 19.6 Å². The molecule has 198 valence electrons. The van der Waals surface area contributed by atoms with Crippen LogP contribution in [0.1, 0.15) is 5.56 Å². The molecule has 0 bridgehead atoms. The summed E-state index contributed by atoms with van der Waals surface area (Å²) in [5, 5.41) is 9.02. The Bertz CT molecular complexity index is 1380. The Balaban J connectivity index is 1.26. The maximum Gasteiger partial charge on any atom is 0.250 e. The highest BCUT2D eigenvalue weighted by atomic mass is 32.2. The number of carbonyl (C=O) groups is 1. The Morgan fingerprint density at radius 3 is 2.11 bits per heavy atom. The molecule has 11 heteroatoms. The van der Waals surface area contributed by atoms with Crippen molar-refractivity contribution in [2.75, 3.05) is 44.0 Å². The predicted octanol–water partition coefficient (Wildman–Crippen LogP) is 3.99. The number of morpholine rings is 1. The molecular formula is C27H28N4O5S2. The zero-order valence-electron chi connectivity index (χ0n) is 20.7. The Kier molecular flexibility index (Phi) is 9.08. The molecule has 1 amide bonds. The Labute approximate surface area is 227 Å². The van der Waals surface area contributed by atoms with Gasteiger partial charge in [0.2, 0.25) is 15.9 Å². The maximum atomic E-state index is 12.7. The number of anilines is 3. The van der Waals surface area contributed by atoms with Gasteiger partial charge in [-0.1, -0.05) is 12.1 Å². The van der Waals surface area contributed by atoms with Crippen molar-refractivity contribution in [3.05, 3.63) is 84.4 Å². The number of rotatable bonds is 8. The number of methoxy groups -OCH3 is 1. The first-order valence-electron chi connectivity index (χ1n) is 11.8. The quantitative estimate of drug-likeness (QED) is 0.284. The summed E-state index contributed by atoms with van der Waals surface area (Å²) in [5.41, 5.74) is 3.22. The van der Waals surface area contributed by atoms with Crippen molar-refractivity contribution < 1.29 is 22.7 Å². The molecule has 3 N–H and O–H groups in total. The number of ether oxygens (including phenoxy) is 2. The van der Waals surface area contributed by atoms with Crippen molar-refractivity contribution in [1.82, 2.24) is 9.62 Å².